The summed E-state index contributed by atoms with van der Waals surface area (Å²) in [5.74, 6) is -1.06. The first-order valence-electron chi connectivity index (χ1n) is 11.4. The number of carbonyl (C=O) groups excluding carboxylic acids is 2. The number of ether oxygens (including phenoxy) is 2. The van der Waals surface area contributed by atoms with Gasteiger partial charge in [0.1, 0.15) is 17.1 Å². The lowest BCUT2D eigenvalue weighted by atomic mass is 9.90. The Morgan fingerprint density at radius 1 is 1.23 bits per heavy atom. The van der Waals surface area contributed by atoms with Crippen molar-refractivity contribution in [1.82, 2.24) is 0 Å². The third kappa shape index (κ3) is 4.75. The third-order valence-corrected chi connectivity index (χ3v) is 7.93. The van der Waals surface area contributed by atoms with Gasteiger partial charge in [0.05, 0.1) is 13.0 Å². The van der Waals surface area contributed by atoms with Gasteiger partial charge < -0.3 is 13.7 Å². The number of aryl methyl sites for hydroxylation is 1. The van der Waals surface area contributed by atoms with E-state index in [1.165, 1.54) is 19.2 Å². The lowest BCUT2D eigenvalue weighted by Gasteiger charge is -2.18. The van der Waals surface area contributed by atoms with Crippen LogP contribution in [0.1, 0.15) is 57.4 Å². The number of hydrogen-bond acceptors (Lipinski definition) is 7. The molecule has 1 heterocycles. The van der Waals surface area contributed by atoms with Crippen LogP contribution in [0.25, 0.3) is 6.08 Å². The average molecular weight is 497 g/mol. The Kier molecular flexibility index (Phi) is 6.85. The molecule has 0 saturated heterocycles. The first-order chi connectivity index (χ1) is 16.7. The number of rotatable bonds is 7. The first kappa shape index (κ1) is 24.7. The highest BCUT2D eigenvalue weighted by Crippen LogP contribution is 2.41. The molecular weight excluding hydrogens is 468 g/mol. The van der Waals surface area contributed by atoms with Crippen LogP contribution in [0.4, 0.5) is 0 Å². The van der Waals surface area contributed by atoms with Crippen molar-refractivity contribution < 1.29 is 31.7 Å². The number of hydrogen-bond donors (Lipinski definition) is 0. The van der Waals surface area contributed by atoms with Gasteiger partial charge in [0.2, 0.25) is 0 Å². The summed E-state index contributed by atoms with van der Waals surface area (Å²) in [7, 11) is -2.84. The van der Waals surface area contributed by atoms with Crippen molar-refractivity contribution in [3.63, 3.8) is 0 Å². The molecular formula is C27H28O7S. The van der Waals surface area contributed by atoms with Crippen LogP contribution in [0.15, 0.2) is 47.4 Å². The molecule has 0 aromatic heterocycles. The lowest BCUT2D eigenvalue weighted by molar-refractivity contribution is -0.145. The minimum Gasteiger partial charge on any atom is -0.469 e. The lowest BCUT2D eigenvalue weighted by Crippen LogP contribution is -2.15. The Hall–Kier alpha value is -3.39. The summed E-state index contributed by atoms with van der Waals surface area (Å²) < 4.78 is 42.2. The fraction of sp³-hybridized carbons (Fsp3) is 0.333. The van der Waals surface area contributed by atoms with E-state index in [1.807, 2.05) is 19.9 Å². The molecule has 1 aliphatic heterocycles. The third-order valence-electron chi connectivity index (χ3n) is 6.70. The standard InChI is InChI=1S/C27H28O7S/c1-5-21-17(3)23-15-33-27(29)24(23)25(34-35(30,31)20-11-6-16(2)7-12-20)22(21)13-9-18-8-10-19(14-18)26(28)32-4/h5-7,9,11-12,19H,1,8,10,13-15H2,2-4H3. The predicted molar refractivity (Wildman–Crippen MR) is 131 cm³/mol. The van der Waals surface area contributed by atoms with Gasteiger partial charge in [0.25, 0.3) is 0 Å². The number of allylic oxidation sites excluding steroid dienone is 2. The Labute approximate surface area is 205 Å². The van der Waals surface area contributed by atoms with Crippen molar-refractivity contribution >= 4 is 28.1 Å². The highest BCUT2D eigenvalue weighted by Gasteiger charge is 2.35. The van der Waals surface area contributed by atoms with E-state index in [9.17, 15) is 18.0 Å². The molecule has 0 amide bonds. The topological polar surface area (TPSA) is 96.0 Å². The van der Waals surface area contributed by atoms with E-state index in [2.05, 4.69) is 6.58 Å². The maximum atomic E-state index is 13.2. The number of cyclic esters (lactones) is 1. The molecule has 0 N–H and O–H groups in total. The molecule has 184 valence electrons. The van der Waals surface area contributed by atoms with Gasteiger partial charge >= 0.3 is 22.1 Å². The molecule has 1 aliphatic carbocycles. The molecule has 1 atom stereocenters. The normalized spacial score (nSPS) is 18.3. The molecule has 0 spiro atoms. The van der Waals surface area contributed by atoms with Crippen LogP contribution in [0, 0.1) is 19.8 Å². The molecule has 7 nitrogen and oxygen atoms in total. The summed E-state index contributed by atoms with van der Waals surface area (Å²) in [5.41, 5.74) is 4.76. The summed E-state index contributed by atoms with van der Waals surface area (Å²) in [6, 6.07) is 6.31. The Bertz CT molecular complexity index is 1330. The summed E-state index contributed by atoms with van der Waals surface area (Å²) in [6.07, 6.45) is 5.96. The summed E-state index contributed by atoms with van der Waals surface area (Å²) in [6.45, 7) is 7.68. The van der Waals surface area contributed by atoms with E-state index in [-0.39, 0.29) is 34.7 Å². The van der Waals surface area contributed by atoms with E-state index >= 15 is 0 Å². The maximum Gasteiger partial charge on any atom is 0.342 e. The van der Waals surface area contributed by atoms with Crippen molar-refractivity contribution in [2.45, 2.75) is 51.0 Å². The number of carbonyl (C=O) groups is 2. The fourth-order valence-corrected chi connectivity index (χ4v) is 5.68. The quantitative estimate of drug-likeness (QED) is 0.308. The maximum absolute atomic E-state index is 13.2. The molecule has 2 aromatic carbocycles. The molecule has 2 aromatic rings. The predicted octanol–water partition coefficient (Wildman–Crippen LogP) is 4.83. The van der Waals surface area contributed by atoms with Gasteiger partial charge in [-0.25, -0.2) is 4.79 Å². The van der Waals surface area contributed by atoms with Crippen LogP contribution in [0.3, 0.4) is 0 Å². The average Bonchev–Trinajstić information content (AvgIpc) is 3.46. The SMILES string of the molecule is C=Cc1c(C)c2c(c(OS(=O)(=O)c3ccc(C)cc3)c1CC=C1CCC(C(=O)OC)C1)C(=O)OC2. The summed E-state index contributed by atoms with van der Waals surface area (Å²) in [4.78, 5) is 24.6. The van der Waals surface area contributed by atoms with Crippen LogP contribution in [-0.2, 0) is 37.4 Å². The molecule has 4 rings (SSSR count). The summed E-state index contributed by atoms with van der Waals surface area (Å²) >= 11 is 0. The van der Waals surface area contributed by atoms with Crippen LogP contribution in [-0.4, -0.2) is 27.5 Å². The van der Waals surface area contributed by atoms with Gasteiger partial charge in [0, 0.05) is 11.1 Å². The van der Waals surface area contributed by atoms with Gasteiger partial charge in [-0.3, -0.25) is 4.79 Å². The van der Waals surface area contributed by atoms with Crippen LogP contribution >= 0.6 is 0 Å². The Balaban J connectivity index is 1.79. The van der Waals surface area contributed by atoms with Gasteiger partial charge in [-0.1, -0.05) is 42.0 Å². The van der Waals surface area contributed by atoms with Gasteiger partial charge in [-0.15, -0.1) is 0 Å². The van der Waals surface area contributed by atoms with E-state index in [0.29, 0.717) is 36.0 Å². The molecule has 0 bridgehead atoms. The van der Waals surface area contributed by atoms with Gasteiger partial charge in [-0.2, -0.15) is 8.42 Å². The van der Waals surface area contributed by atoms with Crippen molar-refractivity contribution in [3.05, 3.63) is 75.9 Å². The number of methoxy groups -OCH3 is 1. The van der Waals surface area contributed by atoms with E-state index in [4.69, 9.17) is 13.7 Å². The highest BCUT2D eigenvalue weighted by molar-refractivity contribution is 7.87. The number of esters is 2. The highest BCUT2D eigenvalue weighted by atomic mass is 32.2. The van der Waals surface area contributed by atoms with E-state index < -0.39 is 16.1 Å². The zero-order chi connectivity index (χ0) is 25.3. The number of fused-ring (bicyclic) bond motifs is 1. The van der Waals surface area contributed by atoms with Crippen molar-refractivity contribution in [2.75, 3.05) is 7.11 Å². The Morgan fingerprint density at radius 2 is 1.94 bits per heavy atom. The minimum absolute atomic E-state index is 0.00930. The monoisotopic (exact) mass is 496 g/mol. The molecule has 2 aliphatic rings. The molecule has 1 fully saturated rings. The smallest absolute Gasteiger partial charge is 0.342 e. The van der Waals surface area contributed by atoms with Crippen molar-refractivity contribution in [2.24, 2.45) is 5.92 Å². The van der Waals surface area contributed by atoms with Crippen molar-refractivity contribution in [3.8, 4) is 5.75 Å². The van der Waals surface area contributed by atoms with Crippen LogP contribution in [0.5, 0.6) is 5.75 Å². The van der Waals surface area contributed by atoms with Gasteiger partial charge in [-0.05, 0) is 62.8 Å². The zero-order valence-electron chi connectivity index (χ0n) is 20.1. The molecule has 0 radical (unpaired) electrons. The van der Waals surface area contributed by atoms with Crippen LogP contribution in [0.2, 0.25) is 0 Å². The Morgan fingerprint density at radius 3 is 2.60 bits per heavy atom. The largest absolute Gasteiger partial charge is 0.469 e. The van der Waals surface area contributed by atoms with E-state index in [1.54, 1.807) is 18.2 Å². The molecule has 8 heteroatoms. The molecule has 35 heavy (non-hydrogen) atoms. The molecule has 1 unspecified atom stereocenters. The second-order valence-corrected chi connectivity index (χ2v) is 10.4. The number of benzene rings is 2. The second-order valence-electron chi connectivity index (χ2n) is 8.86. The van der Waals surface area contributed by atoms with Gasteiger partial charge in [0.15, 0.2) is 5.75 Å². The zero-order valence-corrected chi connectivity index (χ0v) is 20.9. The minimum atomic E-state index is -4.22. The first-order valence-corrected chi connectivity index (χ1v) is 12.8. The van der Waals surface area contributed by atoms with E-state index in [0.717, 1.165) is 23.1 Å². The molecule has 1 saturated carbocycles. The second kappa shape index (κ2) is 9.70. The fourth-order valence-electron chi connectivity index (χ4n) is 4.71. The summed E-state index contributed by atoms with van der Waals surface area (Å²) in [5, 5.41) is 0. The van der Waals surface area contributed by atoms with Crippen LogP contribution < -0.4 is 4.18 Å². The van der Waals surface area contributed by atoms with Crippen molar-refractivity contribution in [1.29, 1.82) is 0 Å².